The number of aliphatic hydroxyl groups excluding tert-OH is 10. The molecule has 0 bridgehead atoms. The molecule has 3 heterocycles. The maximum atomic E-state index is 13.6. The fourth-order valence-corrected chi connectivity index (χ4v) is 8.13. The number of unbranched alkanes of at least 4 members (excludes halogenated alkanes) is 6. The quantitative estimate of drug-likeness (QED) is 0.0254. The molecule has 12 N–H and O–H groups in total. The van der Waals surface area contributed by atoms with Crippen LogP contribution in [0.1, 0.15) is 88.9 Å². The number of benzene rings is 1. The maximum Gasteiger partial charge on any atom is 0.331 e. The third kappa shape index (κ3) is 17.6. The molecule has 404 valence electrons. The Labute approximate surface area is 418 Å². The minimum Gasteiger partial charge on any atom is -0.508 e. The molecule has 3 aliphatic rings. The van der Waals surface area contributed by atoms with E-state index in [9.17, 15) is 70.9 Å². The van der Waals surface area contributed by atoms with Crippen LogP contribution in [-0.4, -0.2) is 185 Å². The van der Waals surface area contributed by atoms with Crippen molar-refractivity contribution in [3.63, 3.8) is 0 Å². The Hall–Kier alpha value is -4.40. The molecule has 16 atom stereocenters. The van der Waals surface area contributed by atoms with Crippen LogP contribution in [-0.2, 0) is 49.4 Å². The zero-order valence-electron chi connectivity index (χ0n) is 40.6. The Balaban J connectivity index is 1.66. The van der Waals surface area contributed by atoms with E-state index in [2.05, 4.69) is 13.8 Å². The van der Waals surface area contributed by atoms with Crippen molar-refractivity contribution >= 4 is 11.9 Å². The molecular formula is C51H74O21. The van der Waals surface area contributed by atoms with Crippen LogP contribution in [0.2, 0.25) is 0 Å². The summed E-state index contributed by atoms with van der Waals surface area (Å²) in [5.74, 6) is -3.10. The van der Waals surface area contributed by atoms with Gasteiger partial charge in [0.25, 0.3) is 0 Å². The number of phenols is 2. The van der Waals surface area contributed by atoms with Gasteiger partial charge in [-0.1, -0.05) is 100 Å². The van der Waals surface area contributed by atoms with Crippen LogP contribution in [0.5, 0.6) is 11.5 Å². The number of carbonyl (C=O) groups is 2. The summed E-state index contributed by atoms with van der Waals surface area (Å²) in [6, 6.07) is 1.97. The summed E-state index contributed by atoms with van der Waals surface area (Å²) in [6.07, 6.45) is -2.13. The first kappa shape index (κ1) is 60.2. The predicted molar refractivity (Wildman–Crippen MR) is 255 cm³/mol. The summed E-state index contributed by atoms with van der Waals surface area (Å²) in [4.78, 5) is 26.3. The topological polar surface area (TPSA) is 342 Å². The molecule has 72 heavy (non-hydrogen) atoms. The number of allylic oxidation sites excluding steroid dienone is 8. The van der Waals surface area contributed by atoms with Crippen LogP contribution in [0, 0.1) is 0 Å². The van der Waals surface area contributed by atoms with Crippen LogP contribution in [0.3, 0.4) is 0 Å². The first-order valence-electron chi connectivity index (χ1n) is 24.4. The lowest BCUT2D eigenvalue weighted by atomic mass is 9.88. The third-order valence-corrected chi connectivity index (χ3v) is 12.1. The van der Waals surface area contributed by atoms with Crippen molar-refractivity contribution in [2.75, 3.05) is 19.8 Å². The number of esters is 2. The van der Waals surface area contributed by atoms with Gasteiger partial charge in [-0.3, -0.25) is 0 Å². The number of carbonyl (C=O) groups excluding carboxylic acids is 2. The standard InChI is InChI=1S/C51H74O21/c1-3-5-7-9-11-13-16-20-31(55)21-17-15-19-23-38(59)70-48-45(65)47(39-30(26-52)24-32(56)25-33(39)57)67-35(28-54)46(48)71-51-49(72-50-44(64)42(62)40(60)34(27-53)68-50)43(63)41(61)36(69-51)29-66-37(58)22-18-14-12-10-8-6-4-2/h11-20,22-25,31,34-36,40-57,60-65H,3-10,21,26-29H2,1-2H3/t31-,34+,35+,36+,40-,41-,42-,43-,44+,45-,46+,47-,48+,49+,50-,51-/m0/s1. The molecule has 0 aromatic heterocycles. The number of rotatable bonds is 27. The van der Waals surface area contributed by atoms with Crippen molar-refractivity contribution < 1.29 is 104 Å². The van der Waals surface area contributed by atoms with Gasteiger partial charge in [-0.15, -0.1) is 0 Å². The van der Waals surface area contributed by atoms with E-state index in [-0.39, 0.29) is 17.5 Å². The molecule has 0 aliphatic carbocycles. The Morgan fingerprint density at radius 3 is 1.86 bits per heavy atom. The van der Waals surface area contributed by atoms with Crippen LogP contribution in [0.25, 0.3) is 0 Å². The summed E-state index contributed by atoms with van der Waals surface area (Å²) in [7, 11) is 0. The van der Waals surface area contributed by atoms with Gasteiger partial charge in [-0.05, 0) is 43.7 Å². The largest absolute Gasteiger partial charge is 0.508 e. The number of ether oxygens (including phenoxy) is 7. The minimum atomic E-state index is -2.09. The molecular weight excluding hydrogens is 949 g/mol. The molecule has 0 unspecified atom stereocenters. The highest BCUT2D eigenvalue weighted by Crippen LogP contribution is 2.43. The Kier molecular flexibility index (Phi) is 26.2. The highest BCUT2D eigenvalue weighted by molar-refractivity contribution is 5.82. The number of aliphatic hydroxyl groups is 10. The molecule has 1 aromatic rings. The molecule has 0 amide bonds. The highest BCUT2D eigenvalue weighted by Gasteiger charge is 2.55. The molecule has 21 nitrogen and oxygen atoms in total. The second-order valence-electron chi connectivity index (χ2n) is 17.6. The van der Waals surface area contributed by atoms with E-state index < -0.39 is 148 Å². The monoisotopic (exact) mass is 1020 g/mol. The fourth-order valence-electron chi connectivity index (χ4n) is 8.13. The Bertz CT molecular complexity index is 1970. The maximum absolute atomic E-state index is 13.6. The number of hydrogen-bond donors (Lipinski definition) is 12. The molecule has 0 radical (unpaired) electrons. The van der Waals surface area contributed by atoms with E-state index in [0.717, 1.165) is 75.7 Å². The second kappa shape index (κ2) is 31.4. The Morgan fingerprint density at radius 1 is 0.625 bits per heavy atom. The molecule has 21 heteroatoms. The smallest absolute Gasteiger partial charge is 0.331 e. The summed E-state index contributed by atoms with van der Waals surface area (Å²) >= 11 is 0. The van der Waals surface area contributed by atoms with Gasteiger partial charge in [0.05, 0.1) is 25.9 Å². The van der Waals surface area contributed by atoms with Gasteiger partial charge in [0.1, 0.15) is 91.4 Å². The van der Waals surface area contributed by atoms with E-state index in [0.29, 0.717) is 0 Å². The zero-order valence-corrected chi connectivity index (χ0v) is 40.6. The van der Waals surface area contributed by atoms with Crippen molar-refractivity contribution in [2.45, 2.75) is 176 Å². The number of aromatic hydroxyl groups is 2. The zero-order chi connectivity index (χ0) is 52.7. The SMILES string of the molecule is CCCCCC=CC=CC(=O)OC[C@H]1O[C@@H](O[C@H]2[C@H](OC(=O)C=CC=CC[C@@H](O)C=CC=CCCCCC)[C@@H](O)[C@H](c3c(O)cc(O)cc3CO)O[C@@H]2CO)[C@H](O[C@@H]2O[C@H](CO)[C@H](O)[C@H](O)[C@H]2O)[C@@H](O)[C@H]1O. The average molecular weight is 1020 g/mol. The van der Waals surface area contributed by atoms with E-state index in [1.165, 1.54) is 18.2 Å². The molecule has 3 fully saturated rings. The Morgan fingerprint density at radius 2 is 1.22 bits per heavy atom. The lowest BCUT2D eigenvalue weighted by Gasteiger charge is -2.49. The molecule has 0 saturated carbocycles. The first-order valence-corrected chi connectivity index (χ1v) is 24.4. The van der Waals surface area contributed by atoms with Crippen molar-refractivity contribution in [1.82, 2.24) is 0 Å². The van der Waals surface area contributed by atoms with Crippen molar-refractivity contribution in [3.8, 4) is 11.5 Å². The van der Waals surface area contributed by atoms with Crippen LogP contribution >= 0.6 is 0 Å². The van der Waals surface area contributed by atoms with E-state index in [1.807, 2.05) is 18.2 Å². The normalized spacial score (nSPS) is 32.0. The molecule has 3 saturated heterocycles. The van der Waals surface area contributed by atoms with Gasteiger partial charge in [-0.2, -0.15) is 0 Å². The molecule has 4 rings (SSSR count). The van der Waals surface area contributed by atoms with Crippen LogP contribution < -0.4 is 0 Å². The summed E-state index contributed by atoms with van der Waals surface area (Å²) in [5.41, 5.74) is -0.392. The van der Waals surface area contributed by atoms with Crippen molar-refractivity contribution in [3.05, 3.63) is 96.2 Å². The second-order valence-corrected chi connectivity index (χ2v) is 17.6. The average Bonchev–Trinajstić information content (AvgIpc) is 3.36. The van der Waals surface area contributed by atoms with Gasteiger partial charge in [0.2, 0.25) is 0 Å². The summed E-state index contributed by atoms with van der Waals surface area (Å²) in [5, 5.41) is 129. The summed E-state index contributed by atoms with van der Waals surface area (Å²) < 4.78 is 40.8. The minimum absolute atomic E-state index is 0.126. The summed E-state index contributed by atoms with van der Waals surface area (Å²) in [6.45, 7) is 0.838. The van der Waals surface area contributed by atoms with E-state index >= 15 is 0 Å². The predicted octanol–water partition coefficient (Wildman–Crippen LogP) is 1.10. The van der Waals surface area contributed by atoms with E-state index in [1.54, 1.807) is 24.3 Å². The van der Waals surface area contributed by atoms with Gasteiger partial charge in [-0.25, -0.2) is 9.59 Å². The van der Waals surface area contributed by atoms with Gasteiger partial charge in [0.15, 0.2) is 18.7 Å². The molecule has 3 aliphatic heterocycles. The first-order chi connectivity index (χ1) is 34.6. The van der Waals surface area contributed by atoms with Gasteiger partial charge in [0, 0.05) is 23.8 Å². The van der Waals surface area contributed by atoms with Crippen molar-refractivity contribution in [1.29, 1.82) is 0 Å². The van der Waals surface area contributed by atoms with Crippen molar-refractivity contribution in [2.24, 2.45) is 0 Å². The molecule has 0 spiro atoms. The van der Waals surface area contributed by atoms with Crippen LogP contribution in [0.4, 0.5) is 0 Å². The fraction of sp³-hybridized carbons (Fsp3) is 0.608. The lowest BCUT2D eigenvalue weighted by Crippen LogP contribution is -2.66. The van der Waals surface area contributed by atoms with Gasteiger partial charge >= 0.3 is 11.9 Å². The molecule has 1 aromatic carbocycles. The van der Waals surface area contributed by atoms with Crippen LogP contribution in [0.15, 0.2) is 85.0 Å². The van der Waals surface area contributed by atoms with E-state index in [4.69, 9.17) is 33.2 Å². The third-order valence-electron chi connectivity index (χ3n) is 12.1. The highest BCUT2D eigenvalue weighted by atomic mass is 16.8. The number of hydrogen-bond acceptors (Lipinski definition) is 21. The lowest BCUT2D eigenvalue weighted by molar-refractivity contribution is -0.383. The number of phenolic OH excluding ortho intramolecular Hbond substituents is 2. The van der Waals surface area contributed by atoms with Gasteiger partial charge < -0.3 is 94.4 Å².